The summed E-state index contributed by atoms with van der Waals surface area (Å²) in [5.41, 5.74) is 10.3. The summed E-state index contributed by atoms with van der Waals surface area (Å²) in [7, 11) is 0.222. The summed E-state index contributed by atoms with van der Waals surface area (Å²) in [6, 6.07) is 23.5. The van der Waals surface area contributed by atoms with Crippen molar-refractivity contribution >= 4 is 33.4 Å². The van der Waals surface area contributed by atoms with E-state index in [1.54, 1.807) is 54.6 Å². The number of hydrogen-bond donors (Lipinski definition) is 2. The Hall–Kier alpha value is -4.14. The molecule has 0 unspecified atom stereocenters. The van der Waals surface area contributed by atoms with Gasteiger partial charge in [-0.05, 0) is 72.8 Å². The van der Waals surface area contributed by atoms with E-state index >= 15 is 0 Å². The van der Waals surface area contributed by atoms with Gasteiger partial charge in [-0.1, -0.05) is 48.5 Å². The van der Waals surface area contributed by atoms with Gasteiger partial charge in [0.2, 0.25) is 5.91 Å². The van der Waals surface area contributed by atoms with E-state index in [1.807, 2.05) is 44.4 Å². The van der Waals surface area contributed by atoms with Crippen molar-refractivity contribution in [1.29, 1.82) is 0 Å². The first-order valence-electron chi connectivity index (χ1n) is 11.3. The normalized spacial score (nSPS) is 11.8. The van der Waals surface area contributed by atoms with Gasteiger partial charge < -0.3 is 16.0 Å². The van der Waals surface area contributed by atoms with Gasteiger partial charge in [0.1, 0.15) is 0 Å². The van der Waals surface area contributed by atoms with Gasteiger partial charge in [-0.3, -0.25) is 4.79 Å². The zero-order valence-electron chi connectivity index (χ0n) is 20.1. The first kappa shape index (κ1) is 25.0. The van der Waals surface area contributed by atoms with Crippen LogP contribution in [-0.4, -0.2) is 37.3 Å². The van der Waals surface area contributed by atoms with Crippen molar-refractivity contribution in [3.05, 3.63) is 108 Å². The minimum Gasteiger partial charge on any atom is -0.397 e. The summed E-state index contributed by atoms with van der Waals surface area (Å²) in [6.45, 7) is 0.834. The standard InChI is InChI=1S/C28H28N4O3S/c1-31(2)19-21-10-13-23(14-11-21)24-6-5-7-25(18-24)36(34,35)32-17-16-22(20-32)12-15-28(33)30-27-9-4-3-8-26(27)29/h3-18,20H,19,29H2,1-2H3,(H,30,33). The van der Waals surface area contributed by atoms with E-state index in [0.29, 0.717) is 16.9 Å². The number of hydrogen-bond acceptors (Lipinski definition) is 5. The molecule has 0 saturated carbocycles. The van der Waals surface area contributed by atoms with E-state index in [-0.39, 0.29) is 10.8 Å². The molecule has 3 aromatic carbocycles. The zero-order valence-corrected chi connectivity index (χ0v) is 20.9. The lowest BCUT2D eigenvalue weighted by molar-refractivity contribution is -0.111. The molecular weight excluding hydrogens is 472 g/mol. The number of nitrogens with zero attached hydrogens (tertiary/aromatic N) is 2. The molecule has 8 heteroatoms. The number of nitrogen functional groups attached to an aromatic ring is 1. The number of rotatable bonds is 8. The summed E-state index contributed by atoms with van der Waals surface area (Å²) in [5.74, 6) is -0.368. The van der Waals surface area contributed by atoms with Crippen LogP contribution >= 0.6 is 0 Å². The van der Waals surface area contributed by atoms with Gasteiger partial charge in [-0.2, -0.15) is 0 Å². The van der Waals surface area contributed by atoms with E-state index in [4.69, 9.17) is 5.73 Å². The van der Waals surface area contributed by atoms with Crippen LogP contribution in [0.2, 0.25) is 0 Å². The summed E-state index contributed by atoms with van der Waals surface area (Å²) >= 11 is 0. The third-order valence-electron chi connectivity index (χ3n) is 5.53. The molecule has 0 fully saturated rings. The third-order valence-corrected chi connectivity index (χ3v) is 7.16. The Bertz CT molecular complexity index is 1500. The van der Waals surface area contributed by atoms with Gasteiger partial charge in [0.15, 0.2) is 0 Å². The van der Waals surface area contributed by atoms with Crippen LogP contribution in [0.5, 0.6) is 0 Å². The molecular formula is C28H28N4O3S. The highest BCUT2D eigenvalue weighted by atomic mass is 32.2. The number of aromatic nitrogens is 1. The Kier molecular flexibility index (Phi) is 7.38. The predicted octanol–water partition coefficient (Wildman–Crippen LogP) is 4.69. The zero-order chi connectivity index (χ0) is 25.7. The molecule has 7 nitrogen and oxygen atoms in total. The number of amides is 1. The van der Waals surface area contributed by atoms with Crippen LogP contribution in [0.15, 0.2) is 102 Å². The van der Waals surface area contributed by atoms with E-state index in [9.17, 15) is 13.2 Å². The van der Waals surface area contributed by atoms with Crippen LogP contribution in [0.1, 0.15) is 11.1 Å². The molecule has 0 radical (unpaired) electrons. The molecule has 0 spiro atoms. The number of nitrogens with one attached hydrogen (secondary N) is 1. The van der Waals surface area contributed by atoms with Crippen LogP contribution < -0.4 is 11.1 Å². The van der Waals surface area contributed by atoms with Crippen LogP contribution in [0.25, 0.3) is 17.2 Å². The fraction of sp³-hybridized carbons (Fsp3) is 0.107. The minimum absolute atomic E-state index is 0.181. The van der Waals surface area contributed by atoms with Gasteiger partial charge in [0.05, 0.1) is 16.3 Å². The fourth-order valence-electron chi connectivity index (χ4n) is 3.72. The Morgan fingerprint density at radius 2 is 1.72 bits per heavy atom. The van der Waals surface area contributed by atoms with Crippen molar-refractivity contribution in [2.45, 2.75) is 11.4 Å². The average molecular weight is 501 g/mol. The first-order chi connectivity index (χ1) is 17.2. The Labute approximate surface area is 211 Å². The van der Waals surface area contributed by atoms with Crippen molar-refractivity contribution in [3.63, 3.8) is 0 Å². The largest absolute Gasteiger partial charge is 0.397 e. The topological polar surface area (TPSA) is 97.4 Å². The molecule has 3 N–H and O–H groups in total. The summed E-state index contributed by atoms with van der Waals surface area (Å²) in [5, 5.41) is 2.70. The summed E-state index contributed by atoms with van der Waals surface area (Å²) < 4.78 is 27.7. The SMILES string of the molecule is CN(C)Cc1ccc(-c2cccc(S(=O)(=O)n3ccc(C=CC(=O)Nc4ccccc4N)c3)c2)cc1. The minimum atomic E-state index is -3.81. The lowest BCUT2D eigenvalue weighted by Crippen LogP contribution is -2.11. The number of nitrogens with two attached hydrogens (primary N) is 1. The highest BCUT2D eigenvalue weighted by Crippen LogP contribution is 2.25. The summed E-state index contributed by atoms with van der Waals surface area (Å²) in [4.78, 5) is 14.5. The molecule has 4 aromatic rings. The number of para-hydroxylation sites is 2. The predicted molar refractivity (Wildman–Crippen MR) is 145 cm³/mol. The van der Waals surface area contributed by atoms with Gasteiger partial charge in [0.25, 0.3) is 10.0 Å². The molecule has 184 valence electrons. The number of carbonyl (C=O) groups is 1. The third kappa shape index (κ3) is 5.91. The second-order valence-corrected chi connectivity index (χ2v) is 10.5. The molecule has 1 heterocycles. The van der Waals surface area contributed by atoms with E-state index in [0.717, 1.165) is 21.6 Å². The first-order valence-corrected chi connectivity index (χ1v) is 12.8. The Balaban J connectivity index is 1.50. The number of carbonyl (C=O) groups excluding carboxylic acids is 1. The highest BCUT2D eigenvalue weighted by molar-refractivity contribution is 7.90. The molecule has 0 aliphatic carbocycles. The van der Waals surface area contributed by atoms with E-state index in [2.05, 4.69) is 10.2 Å². The molecule has 0 bridgehead atoms. The maximum atomic E-state index is 13.3. The van der Waals surface area contributed by atoms with Crippen molar-refractivity contribution in [1.82, 2.24) is 8.87 Å². The molecule has 0 atom stereocenters. The molecule has 0 saturated heterocycles. The van der Waals surface area contributed by atoms with Crippen LogP contribution in [-0.2, 0) is 21.4 Å². The van der Waals surface area contributed by atoms with Crippen molar-refractivity contribution in [2.24, 2.45) is 0 Å². The Morgan fingerprint density at radius 1 is 0.972 bits per heavy atom. The average Bonchev–Trinajstić information content (AvgIpc) is 3.35. The number of anilines is 2. The van der Waals surface area contributed by atoms with Gasteiger partial charge in [-0.25, -0.2) is 12.4 Å². The molecule has 0 aliphatic heterocycles. The quantitative estimate of drug-likeness (QED) is 0.270. The van der Waals surface area contributed by atoms with Crippen molar-refractivity contribution in [2.75, 3.05) is 25.1 Å². The van der Waals surface area contributed by atoms with Gasteiger partial charge in [-0.15, -0.1) is 0 Å². The van der Waals surface area contributed by atoms with Gasteiger partial charge >= 0.3 is 0 Å². The lowest BCUT2D eigenvalue weighted by atomic mass is 10.0. The Morgan fingerprint density at radius 3 is 2.44 bits per heavy atom. The molecule has 4 rings (SSSR count). The fourth-order valence-corrected chi connectivity index (χ4v) is 4.97. The maximum Gasteiger partial charge on any atom is 0.267 e. The lowest BCUT2D eigenvalue weighted by Gasteiger charge is -2.11. The maximum absolute atomic E-state index is 13.3. The second kappa shape index (κ2) is 10.6. The molecule has 36 heavy (non-hydrogen) atoms. The second-order valence-electron chi connectivity index (χ2n) is 8.65. The summed E-state index contributed by atoms with van der Waals surface area (Å²) in [6.07, 6.45) is 5.81. The molecule has 1 amide bonds. The smallest absolute Gasteiger partial charge is 0.267 e. The monoisotopic (exact) mass is 500 g/mol. The van der Waals surface area contributed by atoms with Crippen molar-refractivity contribution < 1.29 is 13.2 Å². The van der Waals surface area contributed by atoms with Crippen LogP contribution in [0.4, 0.5) is 11.4 Å². The van der Waals surface area contributed by atoms with E-state index in [1.165, 1.54) is 24.0 Å². The van der Waals surface area contributed by atoms with Crippen LogP contribution in [0, 0.1) is 0 Å². The van der Waals surface area contributed by atoms with Crippen molar-refractivity contribution in [3.8, 4) is 11.1 Å². The molecule has 1 aromatic heterocycles. The highest BCUT2D eigenvalue weighted by Gasteiger charge is 2.17. The van der Waals surface area contributed by atoms with Crippen LogP contribution in [0.3, 0.4) is 0 Å². The van der Waals surface area contributed by atoms with E-state index < -0.39 is 10.0 Å². The molecule has 0 aliphatic rings. The number of benzene rings is 3. The van der Waals surface area contributed by atoms with Gasteiger partial charge in [0, 0.05) is 25.0 Å².